The van der Waals surface area contributed by atoms with Crippen LogP contribution in [0.15, 0.2) is 103 Å². The highest BCUT2D eigenvalue weighted by Crippen LogP contribution is 2.28. The zero-order chi connectivity index (χ0) is 28.6. The number of carbonyl (C=O) groups excluding carboxylic acids is 2. The van der Waals surface area contributed by atoms with Gasteiger partial charge in [-0.2, -0.15) is 0 Å². The Labute approximate surface area is 238 Å². The summed E-state index contributed by atoms with van der Waals surface area (Å²) in [7, 11) is 3.96. The lowest BCUT2D eigenvalue weighted by Crippen LogP contribution is -2.41. The molecule has 1 unspecified atom stereocenters. The quantitative estimate of drug-likeness (QED) is 0.236. The van der Waals surface area contributed by atoms with Gasteiger partial charge in [0, 0.05) is 32.0 Å². The van der Waals surface area contributed by atoms with Crippen LogP contribution in [0.1, 0.15) is 53.6 Å². The Morgan fingerprint density at radius 1 is 0.725 bits per heavy atom. The molecule has 40 heavy (non-hydrogen) atoms. The minimum Gasteiger partial charge on any atom is -0.378 e. The molecule has 0 saturated carbocycles. The van der Waals surface area contributed by atoms with E-state index >= 15 is 0 Å². The Bertz CT molecular complexity index is 1390. The molecule has 0 aromatic heterocycles. The van der Waals surface area contributed by atoms with Crippen LogP contribution in [-0.2, 0) is 22.6 Å². The molecule has 0 radical (unpaired) electrons. The molecule has 0 heterocycles. The molecule has 4 aromatic carbocycles. The van der Waals surface area contributed by atoms with Crippen LogP contribution in [0, 0.1) is 6.92 Å². The van der Waals surface area contributed by atoms with Gasteiger partial charge in [0.1, 0.15) is 6.04 Å². The first-order valence-electron chi connectivity index (χ1n) is 13.8. The first-order valence-corrected chi connectivity index (χ1v) is 13.8. The molecule has 1 N–H and O–H groups in total. The van der Waals surface area contributed by atoms with Gasteiger partial charge in [0.25, 0.3) is 5.91 Å². The summed E-state index contributed by atoms with van der Waals surface area (Å²) in [5.74, 6) is 0.00570. The Morgan fingerprint density at radius 3 is 1.90 bits per heavy atom. The zero-order valence-corrected chi connectivity index (χ0v) is 24.1. The third kappa shape index (κ3) is 7.38. The zero-order valence-electron chi connectivity index (χ0n) is 24.1. The van der Waals surface area contributed by atoms with Gasteiger partial charge >= 0.3 is 0 Å². The SMILES string of the molecule is Cc1ccc(CN(C(=O)Cc2ccccc2)C(C(=O)Nc2ccc(N(C)C)cc2)c2ccc(C(C)C)cc2)cc1. The van der Waals surface area contributed by atoms with E-state index in [1.807, 2.05) is 117 Å². The number of benzene rings is 4. The van der Waals surface area contributed by atoms with Crippen molar-refractivity contribution in [3.8, 4) is 0 Å². The summed E-state index contributed by atoms with van der Waals surface area (Å²) in [6.07, 6.45) is 0.206. The summed E-state index contributed by atoms with van der Waals surface area (Å²) in [5.41, 5.74) is 6.71. The van der Waals surface area contributed by atoms with Gasteiger partial charge in [0.05, 0.1) is 6.42 Å². The van der Waals surface area contributed by atoms with Crippen molar-refractivity contribution in [3.63, 3.8) is 0 Å². The molecule has 1 atom stereocenters. The molecular formula is C35H39N3O2. The topological polar surface area (TPSA) is 52.7 Å². The maximum atomic E-state index is 14.1. The predicted molar refractivity (Wildman–Crippen MR) is 165 cm³/mol. The van der Waals surface area contributed by atoms with Crippen molar-refractivity contribution in [1.82, 2.24) is 4.90 Å². The van der Waals surface area contributed by atoms with E-state index in [-0.39, 0.29) is 18.2 Å². The minimum absolute atomic E-state index is 0.109. The molecule has 206 valence electrons. The summed E-state index contributed by atoms with van der Waals surface area (Å²) in [6.45, 7) is 6.64. The van der Waals surface area contributed by atoms with Gasteiger partial charge in [0.2, 0.25) is 5.91 Å². The Balaban J connectivity index is 1.74. The van der Waals surface area contributed by atoms with Gasteiger partial charge < -0.3 is 15.1 Å². The molecule has 0 spiro atoms. The van der Waals surface area contributed by atoms with E-state index in [2.05, 4.69) is 31.3 Å². The van der Waals surface area contributed by atoms with E-state index in [1.54, 1.807) is 4.90 Å². The molecule has 4 rings (SSSR count). The van der Waals surface area contributed by atoms with Crippen molar-refractivity contribution in [2.75, 3.05) is 24.3 Å². The highest BCUT2D eigenvalue weighted by atomic mass is 16.2. The maximum absolute atomic E-state index is 14.1. The highest BCUT2D eigenvalue weighted by molar-refractivity contribution is 5.98. The fourth-order valence-corrected chi connectivity index (χ4v) is 4.68. The van der Waals surface area contributed by atoms with E-state index in [9.17, 15) is 9.59 Å². The molecule has 4 aromatic rings. The summed E-state index contributed by atoms with van der Waals surface area (Å²) in [6, 6.07) is 32.8. The van der Waals surface area contributed by atoms with E-state index in [0.717, 1.165) is 27.9 Å². The Kier molecular flexibility index (Phi) is 9.39. The number of aryl methyl sites for hydroxylation is 1. The van der Waals surface area contributed by atoms with Gasteiger partial charge in [-0.1, -0.05) is 98.3 Å². The van der Waals surface area contributed by atoms with Gasteiger partial charge in [0.15, 0.2) is 0 Å². The van der Waals surface area contributed by atoms with Crippen molar-refractivity contribution in [2.24, 2.45) is 0 Å². The smallest absolute Gasteiger partial charge is 0.251 e. The lowest BCUT2D eigenvalue weighted by Gasteiger charge is -2.32. The van der Waals surface area contributed by atoms with Crippen LogP contribution in [-0.4, -0.2) is 30.8 Å². The van der Waals surface area contributed by atoms with Crippen molar-refractivity contribution in [2.45, 2.75) is 45.7 Å². The number of nitrogens with zero attached hydrogens (tertiary/aromatic N) is 2. The molecule has 5 heteroatoms. The minimum atomic E-state index is -0.813. The largest absolute Gasteiger partial charge is 0.378 e. The van der Waals surface area contributed by atoms with Crippen LogP contribution < -0.4 is 10.2 Å². The first-order chi connectivity index (χ1) is 19.2. The monoisotopic (exact) mass is 533 g/mol. The van der Waals surface area contributed by atoms with E-state index in [4.69, 9.17) is 0 Å². The second-order valence-corrected chi connectivity index (χ2v) is 10.8. The third-order valence-electron chi connectivity index (χ3n) is 7.12. The van der Waals surface area contributed by atoms with E-state index in [0.29, 0.717) is 18.2 Å². The molecule has 0 fully saturated rings. The highest BCUT2D eigenvalue weighted by Gasteiger charge is 2.32. The van der Waals surface area contributed by atoms with Crippen LogP contribution in [0.3, 0.4) is 0 Å². The van der Waals surface area contributed by atoms with Crippen LogP contribution >= 0.6 is 0 Å². The van der Waals surface area contributed by atoms with Gasteiger partial charge in [-0.25, -0.2) is 0 Å². The second kappa shape index (κ2) is 13.1. The molecular weight excluding hydrogens is 494 g/mol. The predicted octanol–water partition coefficient (Wildman–Crippen LogP) is 7.14. The lowest BCUT2D eigenvalue weighted by atomic mass is 9.97. The first kappa shape index (κ1) is 28.6. The van der Waals surface area contributed by atoms with Crippen LogP contribution in [0.5, 0.6) is 0 Å². The standard InChI is InChI=1S/C35H39N3O2/c1-25(2)29-15-17-30(18-16-29)34(35(40)36-31-19-21-32(22-20-31)37(4)5)38(24-28-13-11-26(3)12-14-28)33(39)23-27-9-7-6-8-10-27/h6-22,25,34H,23-24H2,1-5H3,(H,36,40). The van der Waals surface area contributed by atoms with Gasteiger partial charge in [-0.15, -0.1) is 0 Å². The molecule has 0 aliphatic heterocycles. The summed E-state index contributed by atoms with van der Waals surface area (Å²) in [4.78, 5) is 31.8. The average molecular weight is 534 g/mol. The number of nitrogens with one attached hydrogen (secondary N) is 1. The fraction of sp³-hybridized carbons (Fsp3) is 0.257. The van der Waals surface area contributed by atoms with Gasteiger partial charge in [-0.05, 0) is 59.4 Å². The normalized spacial score (nSPS) is 11.7. The van der Waals surface area contributed by atoms with Crippen LogP contribution in [0.4, 0.5) is 11.4 Å². The van der Waals surface area contributed by atoms with Crippen LogP contribution in [0.2, 0.25) is 0 Å². The Morgan fingerprint density at radius 2 is 1.32 bits per heavy atom. The molecule has 2 amide bonds. The van der Waals surface area contributed by atoms with Gasteiger partial charge in [-0.3, -0.25) is 9.59 Å². The summed E-state index contributed by atoms with van der Waals surface area (Å²) < 4.78 is 0. The van der Waals surface area contributed by atoms with E-state index in [1.165, 1.54) is 5.56 Å². The van der Waals surface area contributed by atoms with Crippen molar-refractivity contribution in [1.29, 1.82) is 0 Å². The van der Waals surface area contributed by atoms with Crippen molar-refractivity contribution in [3.05, 3.63) is 131 Å². The number of carbonyl (C=O) groups is 2. The summed E-state index contributed by atoms with van der Waals surface area (Å²) >= 11 is 0. The number of anilines is 2. The molecule has 0 aliphatic carbocycles. The third-order valence-corrected chi connectivity index (χ3v) is 7.12. The number of hydrogen-bond donors (Lipinski definition) is 1. The van der Waals surface area contributed by atoms with Crippen molar-refractivity contribution >= 4 is 23.2 Å². The maximum Gasteiger partial charge on any atom is 0.251 e. The van der Waals surface area contributed by atoms with E-state index < -0.39 is 6.04 Å². The fourth-order valence-electron chi connectivity index (χ4n) is 4.68. The Hall–Kier alpha value is -4.38. The van der Waals surface area contributed by atoms with Crippen molar-refractivity contribution < 1.29 is 9.59 Å². The molecule has 5 nitrogen and oxygen atoms in total. The average Bonchev–Trinajstić information content (AvgIpc) is 2.95. The molecule has 0 aliphatic rings. The summed E-state index contributed by atoms with van der Waals surface area (Å²) in [5, 5.41) is 3.09. The molecule has 0 saturated heterocycles. The number of rotatable bonds is 10. The molecule has 0 bridgehead atoms. The second-order valence-electron chi connectivity index (χ2n) is 10.8. The number of hydrogen-bond acceptors (Lipinski definition) is 3. The number of amides is 2. The van der Waals surface area contributed by atoms with Crippen LogP contribution in [0.25, 0.3) is 0 Å². The lowest BCUT2D eigenvalue weighted by molar-refractivity contribution is -0.139.